The fourth-order valence-corrected chi connectivity index (χ4v) is 8.11. The molecular weight excluding hydrogens is 653 g/mol. The van der Waals surface area contributed by atoms with E-state index in [9.17, 15) is 18.0 Å². The van der Waals surface area contributed by atoms with Crippen LogP contribution in [0.4, 0.5) is 5.69 Å². The fourth-order valence-electron chi connectivity index (χ4n) is 6.09. The Morgan fingerprint density at radius 1 is 0.851 bits per heavy atom. The third-order valence-corrected chi connectivity index (χ3v) is 11.1. The molecule has 246 valence electrons. The van der Waals surface area contributed by atoms with Crippen LogP contribution in [0.3, 0.4) is 0 Å². The third-order valence-electron chi connectivity index (χ3n) is 8.59. The minimum atomic E-state index is -4.20. The molecular formula is C37H39Cl2N3O4S. The average Bonchev–Trinajstić information content (AvgIpc) is 3.57. The van der Waals surface area contributed by atoms with Crippen LogP contribution in [-0.2, 0) is 32.6 Å². The summed E-state index contributed by atoms with van der Waals surface area (Å²) in [5.74, 6) is -0.871. The first-order valence-corrected chi connectivity index (χ1v) is 18.0. The molecule has 1 unspecified atom stereocenters. The molecule has 47 heavy (non-hydrogen) atoms. The van der Waals surface area contributed by atoms with Crippen LogP contribution in [0.25, 0.3) is 0 Å². The zero-order valence-electron chi connectivity index (χ0n) is 26.5. The number of anilines is 1. The first-order chi connectivity index (χ1) is 22.5. The van der Waals surface area contributed by atoms with Crippen LogP contribution in [0.15, 0.2) is 102 Å². The summed E-state index contributed by atoms with van der Waals surface area (Å²) >= 11 is 13.2. The monoisotopic (exact) mass is 691 g/mol. The maximum atomic E-state index is 14.7. The van der Waals surface area contributed by atoms with E-state index < -0.39 is 28.5 Å². The number of hydrogen-bond acceptors (Lipinski definition) is 4. The van der Waals surface area contributed by atoms with Crippen LogP contribution in [0.2, 0.25) is 10.0 Å². The van der Waals surface area contributed by atoms with Gasteiger partial charge in [-0.25, -0.2) is 8.42 Å². The highest BCUT2D eigenvalue weighted by atomic mass is 35.5. The first kappa shape index (κ1) is 34.5. The van der Waals surface area contributed by atoms with Crippen LogP contribution in [-0.4, -0.2) is 43.8 Å². The molecule has 7 nitrogen and oxygen atoms in total. The molecule has 0 radical (unpaired) electrons. The second-order valence-corrected chi connectivity index (χ2v) is 14.7. The molecule has 0 aromatic heterocycles. The predicted octanol–water partition coefficient (Wildman–Crippen LogP) is 7.50. The average molecular weight is 693 g/mol. The van der Waals surface area contributed by atoms with Gasteiger partial charge >= 0.3 is 0 Å². The molecule has 0 heterocycles. The minimum Gasteiger partial charge on any atom is -0.352 e. The number of amides is 2. The number of nitrogens with zero attached hydrogens (tertiary/aromatic N) is 2. The molecule has 1 fully saturated rings. The molecule has 0 aliphatic heterocycles. The van der Waals surface area contributed by atoms with Gasteiger partial charge < -0.3 is 10.2 Å². The van der Waals surface area contributed by atoms with E-state index in [0.717, 1.165) is 41.1 Å². The normalized spacial score (nSPS) is 14.0. The van der Waals surface area contributed by atoms with Crippen LogP contribution in [0.5, 0.6) is 0 Å². The van der Waals surface area contributed by atoms with Crippen LogP contribution < -0.4 is 9.62 Å². The minimum absolute atomic E-state index is 0.00629. The van der Waals surface area contributed by atoms with E-state index in [4.69, 9.17) is 23.2 Å². The second kappa shape index (κ2) is 15.4. The Bertz CT molecular complexity index is 1790. The van der Waals surface area contributed by atoms with Gasteiger partial charge in [0.1, 0.15) is 12.6 Å². The Labute approximate surface area is 287 Å². The van der Waals surface area contributed by atoms with Gasteiger partial charge in [0.15, 0.2) is 0 Å². The van der Waals surface area contributed by atoms with E-state index in [0.29, 0.717) is 26.9 Å². The zero-order chi connectivity index (χ0) is 33.6. The maximum absolute atomic E-state index is 14.7. The molecule has 1 aliphatic rings. The Morgan fingerprint density at radius 3 is 2.09 bits per heavy atom. The molecule has 0 saturated heterocycles. The molecule has 0 spiro atoms. The lowest BCUT2D eigenvalue weighted by Crippen LogP contribution is -2.54. The van der Waals surface area contributed by atoms with Crippen molar-refractivity contribution in [1.29, 1.82) is 0 Å². The number of benzene rings is 4. The lowest BCUT2D eigenvalue weighted by molar-refractivity contribution is -0.140. The fraction of sp³-hybridized carbons (Fsp3) is 0.297. The summed E-state index contributed by atoms with van der Waals surface area (Å²) < 4.78 is 29.6. The van der Waals surface area contributed by atoms with Crippen molar-refractivity contribution in [2.24, 2.45) is 0 Å². The summed E-state index contributed by atoms with van der Waals surface area (Å²) in [6.07, 6.45) is 3.98. The zero-order valence-corrected chi connectivity index (χ0v) is 28.9. The Morgan fingerprint density at radius 2 is 1.47 bits per heavy atom. The number of sulfonamides is 1. The van der Waals surface area contributed by atoms with E-state index in [1.54, 1.807) is 42.5 Å². The highest BCUT2D eigenvalue weighted by Crippen LogP contribution is 2.31. The number of rotatable bonds is 12. The summed E-state index contributed by atoms with van der Waals surface area (Å²) in [5, 5.41) is 3.86. The van der Waals surface area contributed by atoms with Gasteiger partial charge in [-0.2, -0.15) is 0 Å². The van der Waals surface area contributed by atoms with Crippen molar-refractivity contribution in [1.82, 2.24) is 10.2 Å². The van der Waals surface area contributed by atoms with Crippen LogP contribution in [0, 0.1) is 13.8 Å². The van der Waals surface area contributed by atoms with E-state index in [-0.39, 0.29) is 29.8 Å². The van der Waals surface area contributed by atoms with Gasteiger partial charge in [-0.05, 0) is 68.1 Å². The quantitative estimate of drug-likeness (QED) is 0.167. The maximum Gasteiger partial charge on any atom is 0.264 e. The van der Waals surface area contributed by atoms with Crippen molar-refractivity contribution in [2.75, 3.05) is 10.8 Å². The Kier molecular flexibility index (Phi) is 11.3. The van der Waals surface area contributed by atoms with Gasteiger partial charge in [0.05, 0.1) is 10.6 Å². The van der Waals surface area contributed by atoms with Gasteiger partial charge in [-0.1, -0.05) is 108 Å². The van der Waals surface area contributed by atoms with E-state index in [1.165, 1.54) is 17.0 Å². The molecule has 1 atom stereocenters. The van der Waals surface area contributed by atoms with Gasteiger partial charge in [-0.3, -0.25) is 13.9 Å². The standard InChI is InChI=1S/C37H39Cl2N3O4S/c1-26-20-21-34(27(2)22-26)42(47(45,46)30-16-7-4-8-17-30)25-36(43)41(24-31-32(38)18-11-19-33(31)39)35(23-28-12-5-3-6-13-28)37(44)40-29-14-9-10-15-29/h3-8,11-13,16-22,29,35H,9-10,14-15,23-25H2,1-2H3,(H,40,44). The van der Waals surface area contributed by atoms with E-state index >= 15 is 0 Å². The molecule has 10 heteroatoms. The van der Waals surface area contributed by atoms with Gasteiger partial charge in [0.2, 0.25) is 11.8 Å². The van der Waals surface area contributed by atoms with Crippen LogP contribution >= 0.6 is 23.2 Å². The SMILES string of the molecule is Cc1ccc(N(CC(=O)N(Cc2c(Cl)cccc2Cl)C(Cc2ccccc2)C(=O)NC2CCCC2)S(=O)(=O)c2ccccc2)c(C)c1. The Balaban J connectivity index is 1.61. The predicted molar refractivity (Wildman–Crippen MR) is 188 cm³/mol. The van der Waals surface area contributed by atoms with Crippen molar-refractivity contribution >= 4 is 50.7 Å². The largest absolute Gasteiger partial charge is 0.352 e. The molecule has 0 bridgehead atoms. The number of halogens is 2. The summed E-state index contributed by atoms with van der Waals surface area (Å²) in [6, 6.07) is 27.0. The molecule has 4 aromatic carbocycles. The number of aryl methyl sites for hydroxylation is 2. The molecule has 1 aliphatic carbocycles. The molecule has 1 N–H and O–H groups in total. The van der Waals surface area contributed by atoms with E-state index in [2.05, 4.69) is 5.32 Å². The third kappa shape index (κ3) is 8.36. The lowest BCUT2D eigenvalue weighted by atomic mass is 10.0. The van der Waals surface area contributed by atoms with Crippen molar-refractivity contribution in [3.05, 3.63) is 129 Å². The Hall–Kier alpha value is -3.85. The first-order valence-electron chi connectivity index (χ1n) is 15.8. The van der Waals surface area contributed by atoms with Gasteiger partial charge in [-0.15, -0.1) is 0 Å². The number of nitrogens with one attached hydrogen (secondary N) is 1. The van der Waals surface area contributed by atoms with E-state index in [1.807, 2.05) is 56.3 Å². The van der Waals surface area contributed by atoms with Crippen LogP contribution in [0.1, 0.15) is 47.9 Å². The molecule has 1 saturated carbocycles. The smallest absolute Gasteiger partial charge is 0.264 e. The van der Waals surface area contributed by atoms with Crippen molar-refractivity contribution in [3.8, 4) is 0 Å². The number of hydrogen-bond donors (Lipinski definition) is 1. The van der Waals surface area contributed by atoms with Crippen molar-refractivity contribution in [3.63, 3.8) is 0 Å². The highest BCUT2D eigenvalue weighted by molar-refractivity contribution is 7.92. The molecule has 2 amide bonds. The second-order valence-electron chi connectivity index (χ2n) is 12.0. The summed E-state index contributed by atoms with van der Waals surface area (Å²) in [4.78, 5) is 30.4. The summed E-state index contributed by atoms with van der Waals surface area (Å²) in [6.45, 7) is 3.09. The summed E-state index contributed by atoms with van der Waals surface area (Å²) in [7, 11) is -4.20. The van der Waals surface area contributed by atoms with Gasteiger partial charge in [0, 0.05) is 34.6 Å². The summed E-state index contributed by atoms with van der Waals surface area (Å²) in [5.41, 5.74) is 3.35. The highest BCUT2D eigenvalue weighted by Gasteiger charge is 2.36. The lowest BCUT2D eigenvalue weighted by Gasteiger charge is -2.35. The molecule has 5 rings (SSSR count). The number of carbonyl (C=O) groups excluding carboxylic acids is 2. The van der Waals surface area contributed by atoms with Crippen molar-refractivity contribution in [2.45, 2.75) is 69.5 Å². The van der Waals surface area contributed by atoms with Crippen molar-refractivity contribution < 1.29 is 18.0 Å². The number of carbonyl (C=O) groups is 2. The topological polar surface area (TPSA) is 86.8 Å². The molecule has 4 aromatic rings. The van der Waals surface area contributed by atoms with Gasteiger partial charge in [0.25, 0.3) is 10.0 Å².